The van der Waals surface area contributed by atoms with E-state index in [2.05, 4.69) is 5.32 Å². The van der Waals surface area contributed by atoms with Gasteiger partial charge in [-0.15, -0.1) is 0 Å². The molecule has 0 saturated carbocycles. The summed E-state index contributed by atoms with van der Waals surface area (Å²) < 4.78 is 40.4. The topological polar surface area (TPSA) is 66.5 Å². The summed E-state index contributed by atoms with van der Waals surface area (Å²) in [5.74, 6) is -0.799. The monoisotopic (exact) mass is 404 g/mol. The van der Waals surface area contributed by atoms with E-state index in [9.17, 15) is 17.6 Å². The van der Waals surface area contributed by atoms with Crippen LogP contribution in [0.1, 0.15) is 36.0 Å². The number of rotatable bonds is 5. The number of carbonyl (C=O) groups is 1. The molecule has 1 heterocycles. The third-order valence-electron chi connectivity index (χ3n) is 5.13. The second-order valence-electron chi connectivity index (χ2n) is 7.23. The van der Waals surface area contributed by atoms with Crippen LogP contribution in [0.5, 0.6) is 0 Å². The Morgan fingerprint density at radius 3 is 2.57 bits per heavy atom. The lowest BCUT2D eigenvalue weighted by molar-refractivity contribution is -0.125. The molecule has 150 valence electrons. The zero-order chi connectivity index (χ0) is 20.3. The van der Waals surface area contributed by atoms with E-state index in [0.717, 1.165) is 35.2 Å². The average molecular weight is 405 g/mol. The number of benzene rings is 2. The van der Waals surface area contributed by atoms with Crippen LogP contribution in [0.3, 0.4) is 0 Å². The van der Waals surface area contributed by atoms with Crippen LogP contribution < -0.4 is 5.32 Å². The molecule has 1 saturated heterocycles. The molecule has 1 aliphatic heterocycles. The number of hydrogen-bond acceptors (Lipinski definition) is 3. The van der Waals surface area contributed by atoms with Gasteiger partial charge in [0.25, 0.3) is 0 Å². The molecule has 1 fully saturated rings. The highest BCUT2D eigenvalue weighted by molar-refractivity contribution is 7.89. The van der Waals surface area contributed by atoms with Crippen LogP contribution in [0.2, 0.25) is 0 Å². The zero-order valence-electron chi connectivity index (χ0n) is 16.1. The summed E-state index contributed by atoms with van der Waals surface area (Å²) >= 11 is 0. The number of sulfonamides is 1. The Bertz CT molecular complexity index is 958. The van der Waals surface area contributed by atoms with Crippen molar-refractivity contribution in [2.75, 3.05) is 6.54 Å². The van der Waals surface area contributed by atoms with Crippen molar-refractivity contribution in [3.8, 4) is 0 Å². The summed E-state index contributed by atoms with van der Waals surface area (Å²) in [7, 11) is -3.86. The van der Waals surface area contributed by atoms with Crippen molar-refractivity contribution < 1.29 is 17.6 Å². The fourth-order valence-corrected chi connectivity index (χ4v) is 5.14. The van der Waals surface area contributed by atoms with Crippen LogP contribution in [-0.2, 0) is 21.4 Å². The minimum atomic E-state index is -3.86. The Labute approximate surface area is 165 Å². The fraction of sp³-hybridized carbons (Fsp3) is 0.381. The number of piperidine rings is 1. The van der Waals surface area contributed by atoms with Crippen LogP contribution in [0.4, 0.5) is 4.39 Å². The number of amides is 1. The van der Waals surface area contributed by atoms with Gasteiger partial charge in [0.05, 0.1) is 4.90 Å². The second kappa shape index (κ2) is 8.41. The maximum absolute atomic E-state index is 13.2. The molecule has 0 unspecified atom stereocenters. The van der Waals surface area contributed by atoms with Gasteiger partial charge in [0.1, 0.15) is 11.9 Å². The Kier molecular flexibility index (Phi) is 6.15. The van der Waals surface area contributed by atoms with E-state index in [0.29, 0.717) is 19.4 Å². The van der Waals surface area contributed by atoms with Crippen LogP contribution in [0.25, 0.3) is 0 Å². The SMILES string of the molecule is Cc1ccc(C)c(CNC(=O)[C@@H]2CCCCN2S(=O)(=O)c2ccc(F)cc2)c1. The van der Waals surface area contributed by atoms with E-state index < -0.39 is 21.9 Å². The summed E-state index contributed by atoms with van der Waals surface area (Å²) in [5, 5.41) is 2.89. The van der Waals surface area contributed by atoms with Crippen molar-refractivity contribution in [3.05, 3.63) is 65.0 Å². The van der Waals surface area contributed by atoms with E-state index in [1.807, 2.05) is 32.0 Å². The molecule has 0 bridgehead atoms. The first-order valence-corrected chi connectivity index (χ1v) is 10.8. The van der Waals surface area contributed by atoms with Gasteiger partial charge in [-0.1, -0.05) is 30.2 Å². The summed E-state index contributed by atoms with van der Waals surface area (Å²) in [6.45, 7) is 4.60. The predicted molar refractivity (Wildman–Crippen MR) is 106 cm³/mol. The lowest BCUT2D eigenvalue weighted by Crippen LogP contribution is -2.51. The van der Waals surface area contributed by atoms with Gasteiger partial charge in [0, 0.05) is 13.1 Å². The third-order valence-corrected chi connectivity index (χ3v) is 7.06. The zero-order valence-corrected chi connectivity index (χ0v) is 16.9. The molecule has 0 aliphatic carbocycles. The average Bonchev–Trinajstić information content (AvgIpc) is 2.68. The molecule has 0 aromatic heterocycles. The molecule has 28 heavy (non-hydrogen) atoms. The van der Waals surface area contributed by atoms with Gasteiger partial charge in [-0.2, -0.15) is 4.31 Å². The summed E-state index contributed by atoms with van der Waals surface area (Å²) in [6.07, 6.45) is 1.96. The molecule has 1 aliphatic rings. The van der Waals surface area contributed by atoms with Crippen molar-refractivity contribution in [1.82, 2.24) is 9.62 Å². The third kappa shape index (κ3) is 4.42. The van der Waals surface area contributed by atoms with Gasteiger partial charge >= 0.3 is 0 Å². The minimum absolute atomic E-state index is 0.00290. The summed E-state index contributed by atoms with van der Waals surface area (Å²) in [5.41, 5.74) is 3.19. The molecular weight excluding hydrogens is 379 g/mol. The lowest BCUT2D eigenvalue weighted by Gasteiger charge is -2.33. The maximum Gasteiger partial charge on any atom is 0.243 e. The first-order valence-electron chi connectivity index (χ1n) is 9.40. The van der Waals surface area contributed by atoms with Crippen molar-refractivity contribution in [1.29, 1.82) is 0 Å². The minimum Gasteiger partial charge on any atom is -0.351 e. The number of nitrogens with zero attached hydrogens (tertiary/aromatic N) is 1. The number of aryl methyl sites for hydroxylation is 2. The van der Waals surface area contributed by atoms with Crippen molar-refractivity contribution in [2.24, 2.45) is 0 Å². The molecule has 3 rings (SSSR count). The molecule has 2 aromatic rings. The fourth-order valence-electron chi connectivity index (χ4n) is 3.49. The molecular formula is C21H25FN2O3S. The highest BCUT2D eigenvalue weighted by Gasteiger charge is 2.37. The molecule has 1 N–H and O–H groups in total. The molecule has 1 atom stereocenters. The van der Waals surface area contributed by atoms with E-state index >= 15 is 0 Å². The Morgan fingerprint density at radius 1 is 1.14 bits per heavy atom. The van der Waals surface area contributed by atoms with Gasteiger partial charge in [0.15, 0.2) is 0 Å². The first kappa shape index (κ1) is 20.5. The first-order chi connectivity index (χ1) is 13.3. The Hall–Kier alpha value is -2.25. The van der Waals surface area contributed by atoms with Gasteiger partial charge in [-0.25, -0.2) is 12.8 Å². The van der Waals surface area contributed by atoms with Crippen LogP contribution >= 0.6 is 0 Å². The van der Waals surface area contributed by atoms with Gasteiger partial charge in [-0.05, 0) is 62.1 Å². The Balaban J connectivity index is 1.77. The van der Waals surface area contributed by atoms with E-state index in [-0.39, 0.29) is 17.3 Å². The van der Waals surface area contributed by atoms with E-state index in [1.165, 1.54) is 16.4 Å². The standard InChI is InChI=1S/C21H25FN2O3S/c1-15-6-7-16(2)17(13-15)14-23-21(25)20-5-3-4-12-24(20)28(26,27)19-10-8-18(22)9-11-19/h6-11,13,20H,3-5,12,14H2,1-2H3,(H,23,25)/t20-/m0/s1. The van der Waals surface area contributed by atoms with Gasteiger partial charge in [-0.3, -0.25) is 4.79 Å². The van der Waals surface area contributed by atoms with Crippen molar-refractivity contribution in [3.63, 3.8) is 0 Å². The highest BCUT2D eigenvalue weighted by Crippen LogP contribution is 2.26. The molecule has 2 aromatic carbocycles. The van der Waals surface area contributed by atoms with E-state index in [4.69, 9.17) is 0 Å². The second-order valence-corrected chi connectivity index (χ2v) is 9.12. The highest BCUT2D eigenvalue weighted by atomic mass is 32.2. The number of halogens is 1. The summed E-state index contributed by atoms with van der Waals surface area (Å²) in [6, 6.07) is 9.99. The lowest BCUT2D eigenvalue weighted by atomic mass is 10.0. The quantitative estimate of drug-likeness (QED) is 0.832. The van der Waals surface area contributed by atoms with Crippen LogP contribution in [-0.4, -0.2) is 31.2 Å². The predicted octanol–water partition coefficient (Wildman–Crippen LogP) is 3.30. The van der Waals surface area contributed by atoms with Gasteiger partial charge < -0.3 is 5.32 Å². The summed E-state index contributed by atoms with van der Waals surface area (Å²) in [4.78, 5) is 12.8. The maximum atomic E-state index is 13.2. The number of hydrogen-bond donors (Lipinski definition) is 1. The molecule has 1 amide bonds. The van der Waals surface area contributed by atoms with Crippen LogP contribution in [0.15, 0.2) is 47.4 Å². The Morgan fingerprint density at radius 2 is 1.86 bits per heavy atom. The molecule has 7 heteroatoms. The van der Waals surface area contributed by atoms with E-state index in [1.54, 1.807) is 0 Å². The van der Waals surface area contributed by atoms with Crippen LogP contribution in [0, 0.1) is 19.7 Å². The molecule has 5 nitrogen and oxygen atoms in total. The number of carbonyl (C=O) groups excluding carboxylic acids is 1. The van der Waals surface area contributed by atoms with Crippen molar-refractivity contribution in [2.45, 2.75) is 50.6 Å². The number of nitrogens with one attached hydrogen (secondary N) is 1. The van der Waals surface area contributed by atoms with Crippen molar-refractivity contribution >= 4 is 15.9 Å². The smallest absolute Gasteiger partial charge is 0.243 e. The largest absolute Gasteiger partial charge is 0.351 e. The molecule has 0 spiro atoms. The normalized spacial score (nSPS) is 18.0. The van der Waals surface area contributed by atoms with Gasteiger partial charge in [0.2, 0.25) is 15.9 Å². The molecule has 0 radical (unpaired) electrons.